The molecule has 23 heavy (non-hydrogen) atoms. The number of para-hydroxylation sites is 2. The molecule has 4 heteroatoms. The number of anilines is 1. The monoisotopic (exact) mass is 327 g/mol. The molecular weight excluding hydrogens is 306 g/mol. The summed E-state index contributed by atoms with van der Waals surface area (Å²) in [5.41, 5.74) is 2.54. The van der Waals surface area contributed by atoms with E-state index < -0.39 is 0 Å². The lowest BCUT2D eigenvalue weighted by Crippen LogP contribution is -2.38. The van der Waals surface area contributed by atoms with Gasteiger partial charge in [-0.3, -0.25) is 4.79 Å². The molecule has 0 spiro atoms. The number of carbonyl (C=O) groups excluding carboxylic acids is 1. The van der Waals surface area contributed by atoms with Crippen LogP contribution in [0, 0.1) is 0 Å². The Balaban J connectivity index is 2.20. The van der Waals surface area contributed by atoms with Gasteiger partial charge in [0, 0.05) is 23.1 Å². The van der Waals surface area contributed by atoms with Gasteiger partial charge in [-0.15, -0.1) is 0 Å². The van der Waals surface area contributed by atoms with Crippen LogP contribution in [0.25, 0.3) is 0 Å². The topological polar surface area (TPSA) is 40.5 Å². The number of nitrogens with zero attached hydrogens (tertiary/aromatic N) is 1. The van der Waals surface area contributed by atoms with Crippen LogP contribution in [-0.4, -0.2) is 16.8 Å². The lowest BCUT2D eigenvalue weighted by atomic mass is 9.77. The number of thiol groups is 1. The maximum Gasteiger partial charge on any atom is 0.228 e. The number of fused-ring (bicyclic) bond motifs is 1. The zero-order chi connectivity index (χ0) is 16.6. The second kappa shape index (κ2) is 5.93. The summed E-state index contributed by atoms with van der Waals surface area (Å²) in [6.07, 6.45) is 0.373. The van der Waals surface area contributed by atoms with Crippen LogP contribution in [0.5, 0.6) is 5.75 Å². The predicted octanol–water partition coefficient (Wildman–Crippen LogP) is 4.08. The third kappa shape index (κ3) is 2.51. The van der Waals surface area contributed by atoms with Crippen molar-refractivity contribution in [3.8, 4) is 5.75 Å². The number of carbonyl (C=O) groups is 1. The average Bonchev–Trinajstić information content (AvgIpc) is 2.76. The van der Waals surface area contributed by atoms with E-state index in [1.165, 1.54) is 0 Å². The molecule has 3 rings (SSSR count). The van der Waals surface area contributed by atoms with E-state index in [4.69, 9.17) is 0 Å². The molecule has 2 aromatic carbocycles. The maximum atomic E-state index is 12.8. The number of phenols is 1. The van der Waals surface area contributed by atoms with Crippen molar-refractivity contribution in [2.24, 2.45) is 0 Å². The van der Waals surface area contributed by atoms with Crippen LogP contribution in [0.2, 0.25) is 0 Å². The van der Waals surface area contributed by atoms with Crippen LogP contribution in [0.4, 0.5) is 5.69 Å². The summed E-state index contributed by atoms with van der Waals surface area (Å²) < 4.78 is 0. The molecule has 2 aromatic rings. The average molecular weight is 327 g/mol. The van der Waals surface area contributed by atoms with Gasteiger partial charge in [-0.2, -0.15) is 12.6 Å². The van der Waals surface area contributed by atoms with Gasteiger partial charge in [-0.1, -0.05) is 50.2 Å². The molecule has 1 heterocycles. The SMILES string of the molecule is CC1(C)c2ccccc2N(C(=O)CCS)C1c1ccccc1O. The molecule has 1 aliphatic rings. The van der Waals surface area contributed by atoms with Gasteiger partial charge in [0.25, 0.3) is 0 Å². The maximum absolute atomic E-state index is 12.8. The van der Waals surface area contributed by atoms with E-state index in [0.717, 1.165) is 16.8 Å². The minimum Gasteiger partial charge on any atom is -0.508 e. The summed E-state index contributed by atoms with van der Waals surface area (Å²) in [6.45, 7) is 4.24. The minimum absolute atomic E-state index is 0.0336. The number of hydrogen-bond acceptors (Lipinski definition) is 3. The standard InChI is InChI=1S/C19H21NO2S/c1-19(2)14-8-4-5-9-15(14)20(17(22)11-12-23)18(19)13-7-3-6-10-16(13)21/h3-10,18,21,23H,11-12H2,1-2H3. The van der Waals surface area contributed by atoms with E-state index in [-0.39, 0.29) is 23.1 Å². The van der Waals surface area contributed by atoms with Crippen molar-refractivity contribution in [1.29, 1.82) is 0 Å². The van der Waals surface area contributed by atoms with Gasteiger partial charge in [0.1, 0.15) is 5.75 Å². The van der Waals surface area contributed by atoms with Crippen molar-refractivity contribution >= 4 is 24.2 Å². The fraction of sp³-hybridized carbons (Fsp3) is 0.316. The Kier molecular flexibility index (Phi) is 4.11. The van der Waals surface area contributed by atoms with Gasteiger partial charge >= 0.3 is 0 Å². The minimum atomic E-state index is -0.290. The highest BCUT2D eigenvalue weighted by atomic mass is 32.1. The number of benzene rings is 2. The Bertz CT molecular complexity index is 742. The van der Waals surface area contributed by atoms with Gasteiger partial charge < -0.3 is 10.0 Å². The number of aromatic hydroxyl groups is 1. The predicted molar refractivity (Wildman–Crippen MR) is 96.3 cm³/mol. The second-order valence-corrected chi connectivity index (χ2v) is 6.88. The molecule has 0 aromatic heterocycles. The molecule has 1 unspecified atom stereocenters. The van der Waals surface area contributed by atoms with E-state index in [1.54, 1.807) is 12.1 Å². The molecule has 1 aliphatic heterocycles. The van der Waals surface area contributed by atoms with Crippen LogP contribution in [0.3, 0.4) is 0 Å². The van der Waals surface area contributed by atoms with E-state index in [1.807, 2.05) is 35.2 Å². The van der Waals surface area contributed by atoms with Crippen molar-refractivity contribution in [2.45, 2.75) is 31.7 Å². The summed E-state index contributed by atoms with van der Waals surface area (Å²) in [6, 6.07) is 15.0. The van der Waals surface area contributed by atoms with Crippen LogP contribution in [0.1, 0.15) is 37.4 Å². The quantitative estimate of drug-likeness (QED) is 0.834. The number of hydrogen-bond donors (Lipinski definition) is 2. The summed E-state index contributed by atoms with van der Waals surface area (Å²) in [4.78, 5) is 14.6. The molecule has 0 saturated carbocycles. The highest BCUT2D eigenvalue weighted by Gasteiger charge is 2.48. The molecule has 3 nitrogen and oxygen atoms in total. The summed E-state index contributed by atoms with van der Waals surface area (Å²) in [7, 11) is 0. The van der Waals surface area contributed by atoms with Gasteiger partial charge in [0.05, 0.1) is 6.04 Å². The van der Waals surface area contributed by atoms with Gasteiger partial charge in [-0.05, 0) is 23.4 Å². The third-order valence-electron chi connectivity index (χ3n) is 4.63. The first-order chi connectivity index (χ1) is 11.0. The Labute approximate surface area is 142 Å². The molecule has 1 atom stereocenters. The number of phenolic OH excluding ortho intramolecular Hbond substituents is 1. The summed E-state index contributed by atoms with van der Waals surface area (Å²) in [5, 5.41) is 10.4. The number of rotatable bonds is 3. The smallest absolute Gasteiger partial charge is 0.228 e. The first-order valence-electron chi connectivity index (χ1n) is 7.78. The Hall–Kier alpha value is -1.94. The molecule has 0 fully saturated rings. The Morgan fingerprint density at radius 1 is 1.17 bits per heavy atom. The van der Waals surface area contributed by atoms with Crippen LogP contribution >= 0.6 is 12.6 Å². The molecule has 0 bridgehead atoms. The van der Waals surface area contributed by atoms with Crippen molar-refractivity contribution in [3.63, 3.8) is 0 Å². The fourth-order valence-electron chi connectivity index (χ4n) is 3.58. The largest absolute Gasteiger partial charge is 0.508 e. The zero-order valence-corrected chi connectivity index (χ0v) is 14.3. The lowest BCUT2D eigenvalue weighted by Gasteiger charge is -2.34. The summed E-state index contributed by atoms with van der Waals surface area (Å²) in [5.74, 6) is 0.763. The third-order valence-corrected chi connectivity index (χ3v) is 4.85. The van der Waals surface area contributed by atoms with Gasteiger partial charge in [-0.25, -0.2) is 0 Å². The van der Waals surface area contributed by atoms with E-state index in [2.05, 4.69) is 32.5 Å². The molecule has 0 aliphatic carbocycles. The highest BCUT2D eigenvalue weighted by Crippen LogP contribution is 2.54. The molecule has 0 radical (unpaired) electrons. The molecule has 1 amide bonds. The van der Waals surface area contributed by atoms with E-state index >= 15 is 0 Å². The van der Waals surface area contributed by atoms with Crippen molar-refractivity contribution in [1.82, 2.24) is 0 Å². The van der Waals surface area contributed by atoms with Crippen LogP contribution < -0.4 is 4.90 Å². The molecule has 0 saturated heterocycles. The second-order valence-electron chi connectivity index (χ2n) is 6.44. The normalized spacial score (nSPS) is 18.7. The van der Waals surface area contributed by atoms with Crippen molar-refractivity contribution in [3.05, 3.63) is 59.7 Å². The first kappa shape index (κ1) is 15.9. The molecule has 1 N–H and O–H groups in total. The Morgan fingerprint density at radius 2 is 1.83 bits per heavy atom. The first-order valence-corrected chi connectivity index (χ1v) is 8.42. The summed E-state index contributed by atoms with van der Waals surface area (Å²) >= 11 is 4.21. The Morgan fingerprint density at radius 3 is 2.52 bits per heavy atom. The van der Waals surface area contributed by atoms with Crippen LogP contribution in [0.15, 0.2) is 48.5 Å². The van der Waals surface area contributed by atoms with Gasteiger partial charge in [0.15, 0.2) is 0 Å². The lowest BCUT2D eigenvalue weighted by molar-refractivity contribution is -0.118. The molecule has 120 valence electrons. The van der Waals surface area contributed by atoms with E-state index in [0.29, 0.717) is 12.2 Å². The van der Waals surface area contributed by atoms with Crippen LogP contribution in [-0.2, 0) is 10.2 Å². The van der Waals surface area contributed by atoms with Gasteiger partial charge in [0.2, 0.25) is 5.91 Å². The highest BCUT2D eigenvalue weighted by molar-refractivity contribution is 7.80. The van der Waals surface area contributed by atoms with Crippen molar-refractivity contribution < 1.29 is 9.90 Å². The fourth-order valence-corrected chi connectivity index (χ4v) is 3.77. The van der Waals surface area contributed by atoms with Crippen molar-refractivity contribution in [2.75, 3.05) is 10.7 Å². The number of amides is 1. The van der Waals surface area contributed by atoms with E-state index in [9.17, 15) is 9.90 Å². The zero-order valence-electron chi connectivity index (χ0n) is 13.4. The molecular formula is C19H21NO2S.